The lowest BCUT2D eigenvalue weighted by molar-refractivity contribution is -0.121. The Morgan fingerprint density at radius 1 is 0.778 bits per heavy atom. The highest BCUT2D eigenvalue weighted by atomic mass is 16.2. The van der Waals surface area contributed by atoms with E-state index in [0.29, 0.717) is 23.0 Å². The first kappa shape index (κ1) is 20.9. The van der Waals surface area contributed by atoms with Crippen molar-refractivity contribution in [2.45, 2.75) is 60.3 Å². The molecule has 0 atom stereocenters. The second kappa shape index (κ2) is 8.55. The molecule has 3 amide bonds. The van der Waals surface area contributed by atoms with Gasteiger partial charge in [-0.2, -0.15) is 0 Å². The number of rotatable bonds is 4. The first-order valence-electron chi connectivity index (χ1n) is 9.55. The third-order valence-electron chi connectivity index (χ3n) is 5.16. The summed E-state index contributed by atoms with van der Waals surface area (Å²) in [5.41, 5.74) is 1.90. The van der Waals surface area contributed by atoms with Crippen LogP contribution < -0.4 is 16.0 Å². The largest absolute Gasteiger partial charge is 0.326 e. The lowest BCUT2D eigenvalue weighted by Gasteiger charge is -2.36. The summed E-state index contributed by atoms with van der Waals surface area (Å²) >= 11 is 0. The standard InChI is InChI=1S/C21H31N3O3/c1-13(25)22-17-10-18(23-14(2)26)12-19(11-17)24-20(27)15-6-8-16(9-7-15)21(3,4)5/h10-12,15-16H,6-9H2,1-5H3,(H,22,25)(H,23,26)(H,24,27)/t15-,16-. The molecular formula is C21H31N3O3. The number of anilines is 3. The third-order valence-corrected chi connectivity index (χ3v) is 5.16. The number of nitrogens with one attached hydrogen (secondary N) is 3. The molecule has 3 N–H and O–H groups in total. The summed E-state index contributed by atoms with van der Waals surface area (Å²) in [6.45, 7) is 9.60. The zero-order valence-corrected chi connectivity index (χ0v) is 16.9. The molecule has 27 heavy (non-hydrogen) atoms. The van der Waals surface area contributed by atoms with E-state index in [2.05, 4.69) is 36.7 Å². The Balaban J connectivity index is 2.08. The van der Waals surface area contributed by atoms with E-state index in [0.717, 1.165) is 25.7 Å². The molecule has 1 fully saturated rings. The maximum Gasteiger partial charge on any atom is 0.227 e. The molecule has 148 valence electrons. The quantitative estimate of drug-likeness (QED) is 0.731. The summed E-state index contributed by atoms with van der Waals surface area (Å²) in [4.78, 5) is 35.4. The van der Waals surface area contributed by atoms with Crippen LogP contribution in [-0.4, -0.2) is 17.7 Å². The fraction of sp³-hybridized carbons (Fsp3) is 0.571. The highest BCUT2D eigenvalue weighted by Crippen LogP contribution is 2.40. The predicted octanol–water partition coefficient (Wildman–Crippen LogP) is 4.39. The Labute approximate surface area is 161 Å². The highest BCUT2D eigenvalue weighted by molar-refractivity contribution is 5.97. The fourth-order valence-corrected chi connectivity index (χ4v) is 3.72. The van der Waals surface area contributed by atoms with E-state index in [1.165, 1.54) is 13.8 Å². The van der Waals surface area contributed by atoms with Crippen molar-refractivity contribution < 1.29 is 14.4 Å². The van der Waals surface area contributed by atoms with Gasteiger partial charge in [-0.1, -0.05) is 20.8 Å². The van der Waals surface area contributed by atoms with Gasteiger partial charge in [0, 0.05) is 36.8 Å². The second-order valence-corrected chi connectivity index (χ2v) is 8.57. The van der Waals surface area contributed by atoms with E-state index < -0.39 is 0 Å². The normalized spacial score (nSPS) is 19.9. The molecule has 1 aliphatic carbocycles. The van der Waals surface area contributed by atoms with Crippen molar-refractivity contribution in [3.63, 3.8) is 0 Å². The smallest absolute Gasteiger partial charge is 0.227 e. The number of hydrogen-bond acceptors (Lipinski definition) is 3. The van der Waals surface area contributed by atoms with Gasteiger partial charge in [-0.25, -0.2) is 0 Å². The van der Waals surface area contributed by atoms with E-state index in [1.54, 1.807) is 18.2 Å². The predicted molar refractivity (Wildman–Crippen MR) is 109 cm³/mol. The molecule has 2 rings (SSSR count). The summed E-state index contributed by atoms with van der Waals surface area (Å²) in [7, 11) is 0. The van der Waals surface area contributed by atoms with Crippen molar-refractivity contribution >= 4 is 34.8 Å². The first-order valence-corrected chi connectivity index (χ1v) is 9.55. The number of carbonyl (C=O) groups excluding carboxylic acids is 3. The van der Waals surface area contributed by atoms with Gasteiger partial charge in [-0.15, -0.1) is 0 Å². The van der Waals surface area contributed by atoms with Gasteiger partial charge in [0.05, 0.1) is 0 Å². The molecule has 0 spiro atoms. The zero-order chi connectivity index (χ0) is 20.2. The van der Waals surface area contributed by atoms with E-state index in [1.807, 2.05) is 0 Å². The van der Waals surface area contributed by atoms with Crippen molar-refractivity contribution in [2.75, 3.05) is 16.0 Å². The SMILES string of the molecule is CC(=O)Nc1cc(NC(C)=O)cc(NC(=O)[C@H]2CC[C@H](C(C)(C)C)CC2)c1. The number of hydrogen-bond donors (Lipinski definition) is 3. The topological polar surface area (TPSA) is 87.3 Å². The fourth-order valence-electron chi connectivity index (χ4n) is 3.72. The molecule has 0 aromatic heterocycles. The Kier molecular flexibility index (Phi) is 6.63. The summed E-state index contributed by atoms with van der Waals surface area (Å²) < 4.78 is 0. The van der Waals surface area contributed by atoms with Gasteiger partial charge >= 0.3 is 0 Å². The van der Waals surface area contributed by atoms with Gasteiger partial charge in [0.15, 0.2) is 0 Å². The molecule has 0 aliphatic heterocycles. The Morgan fingerprint density at radius 3 is 1.56 bits per heavy atom. The first-order chi connectivity index (χ1) is 12.5. The van der Waals surface area contributed by atoms with Gasteiger partial charge in [0.25, 0.3) is 0 Å². The third kappa shape index (κ3) is 6.38. The lowest BCUT2D eigenvalue weighted by atomic mass is 9.69. The maximum absolute atomic E-state index is 12.7. The molecule has 1 saturated carbocycles. The van der Waals surface area contributed by atoms with Gasteiger partial charge in [0.2, 0.25) is 17.7 Å². The van der Waals surface area contributed by atoms with Crippen LogP contribution >= 0.6 is 0 Å². The Morgan fingerprint density at radius 2 is 1.19 bits per heavy atom. The van der Waals surface area contributed by atoms with Crippen LogP contribution in [0.4, 0.5) is 17.1 Å². The minimum absolute atomic E-state index is 0.00256. The monoisotopic (exact) mass is 373 g/mol. The number of amides is 3. The second-order valence-electron chi connectivity index (χ2n) is 8.57. The number of carbonyl (C=O) groups is 3. The molecule has 0 unspecified atom stereocenters. The maximum atomic E-state index is 12.7. The average molecular weight is 373 g/mol. The molecule has 0 heterocycles. The van der Waals surface area contributed by atoms with Crippen LogP contribution in [0, 0.1) is 17.3 Å². The molecule has 1 aliphatic rings. The van der Waals surface area contributed by atoms with Gasteiger partial charge in [0.1, 0.15) is 0 Å². The van der Waals surface area contributed by atoms with Crippen LogP contribution in [-0.2, 0) is 14.4 Å². The van der Waals surface area contributed by atoms with E-state index in [-0.39, 0.29) is 29.1 Å². The minimum Gasteiger partial charge on any atom is -0.326 e. The summed E-state index contributed by atoms with van der Waals surface area (Å²) in [5.74, 6) is 0.213. The van der Waals surface area contributed by atoms with E-state index in [9.17, 15) is 14.4 Å². The van der Waals surface area contributed by atoms with Crippen molar-refractivity contribution in [3.8, 4) is 0 Å². The van der Waals surface area contributed by atoms with E-state index in [4.69, 9.17) is 0 Å². The molecule has 1 aromatic rings. The molecular weight excluding hydrogens is 342 g/mol. The lowest BCUT2D eigenvalue weighted by Crippen LogP contribution is -2.31. The zero-order valence-electron chi connectivity index (χ0n) is 16.9. The van der Waals surface area contributed by atoms with E-state index >= 15 is 0 Å². The average Bonchev–Trinajstić information content (AvgIpc) is 2.52. The van der Waals surface area contributed by atoms with Crippen LogP contribution in [0.1, 0.15) is 60.3 Å². The number of benzene rings is 1. The van der Waals surface area contributed by atoms with Crippen molar-refractivity contribution in [1.29, 1.82) is 0 Å². The summed E-state index contributed by atoms with van der Waals surface area (Å²) in [5, 5.41) is 8.34. The minimum atomic E-state index is -0.215. The molecule has 6 heteroatoms. The van der Waals surface area contributed by atoms with Crippen LogP contribution in [0.25, 0.3) is 0 Å². The summed E-state index contributed by atoms with van der Waals surface area (Å²) in [6, 6.07) is 5.06. The molecule has 6 nitrogen and oxygen atoms in total. The van der Waals surface area contributed by atoms with Crippen LogP contribution in [0.5, 0.6) is 0 Å². The van der Waals surface area contributed by atoms with Crippen molar-refractivity contribution in [1.82, 2.24) is 0 Å². The van der Waals surface area contributed by atoms with Crippen molar-refractivity contribution in [3.05, 3.63) is 18.2 Å². The van der Waals surface area contributed by atoms with Crippen LogP contribution in [0.15, 0.2) is 18.2 Å². The summed E-state index contributed by atoms with van der Waals surface area (Å²) in [6.07, 6.45) is 3.89. The van der Waals surface area contributed by atoms with Gasteiger partial charge < -0.3 is 16.0 Å². The molecule has 0 bridgehead atoms. The molecule has 1 aromatic carbocycles. The van der Waals surface area contributed by atoms with Crippen LogP contribution in [0.3, 0.4) is 0 Å². The van der Waals surface area contributed by atoms with Gasteiger partial charge in [-0.05, 0) is 55.2 Å². The highest BCUT2D eigenvalue weighted by Gasteiger charge is 2.32. The Hall–Kier alpha value is -2.37. The van der Waals surface area contributed by atoms with Crippen molar-refractivity contribution in [2.24, 2.45) is 17.3 Å². The Bertz CT molecular complexity index is 680. The molecule has 0 saturated heterocycles. The van der Waals surface area contributed by atoms with Gasteiger partial charge in [-0.3, -0.25) is 14.4 Å². The van der Waals surface area contributed by atoms with Crippen LogP contribution in [0.2, 0.25) is 0 Å². The molecule has 0 radical (unpaired) electrons.